The normalized spacial score (nSPS) is 14.1. The predicted molar refractivity (Wildman–Crippen MR) is 97.9 cm³/mol. The van der Waals surface area contributed by atoms with Crippen LogP contribution in [0.2, 0.25) is 0 Å². The number of para-hydroxylation sites is 2. The van der Waals surface area contributed by atoms with Crippen LogP contribution in [0.4, 0.5) is 11.4 Å². The van der Waals surface area contributed by atoms with Gasteiger partial charge in [-0.1, -0.05) is 30.3 Å². The van der Waals surface area contributed by atoms with Gasteiger partial charge in [-0.05, 0) is 49.6 Å². The van der Waals surface area contributed by atoms with Crippen LogP contribution in [-0.4, -0.2) is 27.4 Å². The van der Waals surface area contributed by atoms with Crippen molar-refractivity contribution in [3.8, 4) is 0 Å². The molecule has 0 aromatic heterocycles. The zero-order valence-electron chi connectivity index (χ0n) is 13.7. The molecule has 0 saturated heterocycles. The molecule has 0 aliphatic heterocycles. The Labute approximate surface area is 147 Å². The van der Waals surface area contributed by atoms with Gasteiger partial charge in [0.2, 0.25) is 5.91 Å². The molecule has 1 saturated carbocycles. The Balaban J connectivity index is 1.66. The monoisotopic (exact) mass is 359 g/mol. The second-order valence-electron chi connectivity index (χ2n) is 6.09. The predicted octanol–water partition coefficient (Wildman–Crippen LogP) is 2.43. The summed E-state index contributed by atoms with van der Waals surface area (Å²) in [6.07, 6.45) is 2.44. The maximum absolute atomic E-state index is 12.5. The molecule has 0 atom stereocenters. The van der Waals surface area contributed by atoms with Gasteiger partial charge >= 0.3 is 0 Å². The first kappa shape index (κ1) is 17.4. The van der Waals surface area contributed by atoms with Gasteiger partial charge in [-0.2, -0.15) is 0 Å². The first-order valence-corrected chi connectivity index (χ1v) is 9.70. The number of benzene rings is 2. The number of sulfonamides is 1. The molecule has 1 aliphatic rings. The van der Waals surface area contributed by atoms with Gasteiger partial charge in [0, 0.05) is 0 Å². The van der Waals surface area contributed by atoms with Crippen LogP contribution in [0.1, 0.15) is 12.8 Å². The van der Waals surface area contributed by atoms with Crippen LogP contribution in [0.3, 0.4) is 0 Å². The number of anilines is 2. The van der Waals surface area contributed by atoms with Gasteiger partial charge in [-0.25, -0.2) is 8.42 Å². The minimum atomic E-state index is -3.71. The van der Waals surface area contributed by atoms with Crippen LogP contribution in [-0.2, 0) is 14.8 Å². The fourth-order valence-electron chi connectivity index (χ4n) is 2.39. The van der Waals surface area contributed by atoms with E-state index in [0.29, 0.717) is 17.3 Å². The number of hydrogen-bond donors (Lipinski definition) is 3. The van der Waals surface area contributed by atoms with Gasteiger partial charge in [0.15, 0.2) is 0 Å². The molecule has 25 heavy (non-hydrogen) atoms. The summed E-state index contributed by atoms with van der Waals surface area (Å²) < 4.78 is 27.4. The topological polar surface area (TPSA) is 87.3 Å². The van der Waals surface area contributed by atoms with E-state index >= 15 is 0 Å². The molecule has 132 valence electrons. The molecule has 2 aromatic rings. The molecule has 1 amide bonds. The van der Waals surface area contributed by atoms with Gasteiger partial charge < -0.3 is 10.6 Å². The van der Waals surface area contributed by atoms with Crippen molar-refractivity contribution >= 4 is 27.3 Å². The molecule has 0 radical (unpaired) electrons. The lowest BCUT2D eigenvalue weighted by Gasteiger charge is -2.13. The van der Waals surface area contributed by atoms with Crippen molar-refractivity contribution in [2.24, 2.45) is 5.92 Å². The van der Waals surface area contributed by atoms with Crippen LogP contribution in [0.15, 0.2) is 59.5 Å². The molecular weight excluding hydrogens is 338 g/mol. The minimum Gasteiger partial charge on any atom is -0.323 e. The number of carbonyl (C=O) groups excluding carboxylic acids is 1. The van der Waals surface area contributed by atoms with Gasteiger partial charge in [-0.3, -0.25) is 9.52 Å². The Morgan fingerprint density at radius 3 is 2.28 bits per heavy atom. The quantitative estimate of drug-likeness (QED) is 0.675. The third-order valence-electron chi connectivity index (χ3n) is 3.91. The minimum absolute atomic E-state index is 0.169. The maximum atomic E-state index is 12.5. The molecular formula is C18H21N3O3S. The summed E-state index contributed by atoms with van der Waals surface area (Å²) in [6.45, 7) is 1.05. The number of nitrogens with one attached hydrogen (secondary N) is 3. The largest absolute Gasteiger partial charge is 0.323 e. The van der Waals surface area contributed by atoms with Gasteiger partial charge in [-0.15, -0.1) is 0 Å². The zero-order chi connectivity index (χ0) is 17.7. The number of carbonyl (C=O) groups is 1. The number of amides is 1. The summed E-state index contributed by atoms with van der Waals surface area (Å²) in [5.74, 6) is 0.491. The van der Waals surface area contributed by atoms with Gasteiger partial charge in [0.05, 0.1) is 22.8 Å². The maximum Gasteiger partial charge on any atom is 0.261 e. The highest BCUT2D eigenvalue weighted by molar-refractivity contribution is 7.92. The third kappa shape index (κ3) is 5.04. The molecule has 1 aliphatic carbocycles. The second kappa shape index (κ2) is 7.67. The fourth-order valence-corrected chi connectivity index (χ4v) is 3.49. The molecule has 1 fully saturated rings. The van der Waals surface area contributed by atoms with E-state index in [9.17, 15) is 13.2 Å². The van der Waals surface area contributed by atoms with E-state index in [1.807, 2.05) is 0 Å². The fraction of sp³-hybridized carbons (Fsp3) is 0.278. The number of hydrogen-bond acceptors (Lipinski definition) is 4. The molecule has 0 unspecified atom stereocenters. The molecule has 6 nitrogen and oxygen atoms in total. The molecule has 3 N–H and O–H groups in total. The molecule has 3 rings (SSSR count). The van der Waals surface area contributed by atoms with Crippen LogP contribution in [0, 0.1) is 5.92 Å². The summed E-state index contributed by atoms with van der Waals surface area (Å²) in [5, 5.41) is 5.86. The summed E-state index contributed by atoms with van der Waals surface area (Å²) in [6, 6.07) is 14.9. The summed E-state index contributed by atoms with van der Waals surface area (Å²) in [5.41, 5.74) is 0.766. The highest BCUT2D eigenvalue weighted by Gasteiger charge is 2.21. The SMILES string of the molecule is O=C(CNCC1CC1)Nc1ccccc1NS(=O)(=O)c1ccccc1. The second-order valence-corrected chi connectivity index (χ2v) is 7.77. The van der Waals surface area contributed by atoms with E-state index in [1.165, 1.54) is 25.0 Å². The summed E-state index contributed by atoms with van der Waals surface area (Å²) >= 11 is 0. The van der Waals surface area contributed by atoms with E-state index in [-0.39, 0.29) is 17.3 Å². The average Bonchev–Trinajstić information content (AvgIpc) is 3.42. The summed E-state index contributed by atoms with van der Waals surface area (Å²) in [4.78, 5) is 12.2. The van der Waals surface area contributed by atoms with E-state index < -0.39 is 10.0 Å². The van der Waals surface area contributed by atoms with Crippen molar-refractivity contribution in [3.05, 3.63) is 54.6 Å². The van der Waals surface area contributed by atoms with E-state index in [0.717, 1.165) is 6.54 Å². The van der Waals surface area contributed by atoms with E-state index in [1.54, 1.807) is 42.5 Å². The Morgan fingerprint density at radius 2 is 1.60 bits per heavy atom. The van der Waals surface area contributed by atoms with Crippen LogP contribution in [0.5, 0.6) is 0 Å². The van der Waals surface area contributed by atoms with Crippen LogP contribution >= 0.6 is 0 Å². The Morgan fingerprint density at radius 1 is 0.960 bits per heavy atom. The molecule has 0 bridgehead atoms. The Bertz CT molecular complexity index is 834. The smallest absolute Gasteiger partial charge is 0.261 e. The lowest BCUT2D eigenvalue weighted by atomic mass is 10.2. The van der Waals surface area contributed by atoms with Crippen molar-refractivity contribution in [2.45, 2.75) is 17.7 Å². The van der Waals surface area contributed by atoms with E-state index in [4.69, 9.17) is 0 Å². The summed E-state index contributed by atoms with van der Waals surface area (Å²) in [7, 11) is -3.71. The molecule has 2 aromatic carbocycles. The van der Waals surface area contributed by atoms with Gasteiger partial charge in [0.25, 0.3) is 10.0 Å². The standard InChI is InChI=1S/C18H21N3O3S/c22-18(13-19-12-14-10-11-14)20-16-8-4-5-9-17(16)21-25(23,24)15-6-2-1-3-7-15/h1-9,14,19,21H,10-13H2,(H,20,22). The van der Waals surface area contributed by atoms with Crippen molar-refractivity contribution in [2.75, 3.05) is 23.1 Å². The highest BCUT2D eigenvalue weighted by atomic mass is 32.2. The zero-order valence-corrected chi connectivity index (χ0v) is 14.6. The Hall–Kier alpha value is -2.38. The van der Waals surface area contributed by atoms with Gasteiger partial charge in [0.1, 0.15) is 0 Å². The lowest BCUT2D eigenvalue weighted by Crippen LogP contribution is -2.29. The number of rotatable bonds is 8. The van der Waals surface area contributed by atoms with Crippen LogP contribution in [0.25, 0.3) is 0 Å². The first-order valence-electron chi connectivity index (χ1n) is 8.22. The lowest BCUT2D eigenvalue weighted by molar-refractivity contribution is -0.115. The molecule has 0 heterocycles. The van der Waals surface area contributed by atoms with Crippen molar-refractivity contribution in [1.29, 1.82) is 0 Å². The van der Waals surface area contributed by atoms with Crippen molar-refractivity contribution in [1.82, 2.24) is 5.32 Å². The van der Waals surface area contributed by atoms with Crippen LogP contribution < -0.4 is 15.4 Å². The highest BCUT2D eigenvalue weighted by Crippen LogP contribution is 2.27. The third-order valence-corrected chi connectivity index (χ3v) is 5.30. The molecule has 7 heteroatoms. The molecule has 0 spiro atoms. The average molecular weight is 359 g/mol. The van der Waals surface area contributed by atoms with Crippen molar-refractivity contribution in [3.63, 3.8) is 0 Å². The van der Waals surface area contributed by atoms with E-state index in [2.05, 4.69) is 15.4 Å². The van der Waals surface area contributed by atoms with Crippen molar-refractivity contribution < 1.29 is 13.2 Å². The Kier molecular flexibility index (Phi) is 5.35. The first-order chi connectivity index (χ1) is 12.0.